The maximum atomic E-state index is 14.0. The topological polar surface area (TPSA) is 15.7 Å². The van der Waals surface area contributed by atoms with Crippen molar-refractivity contribution in [1.29, 1.82) is 0 Å². The lowest BCUT2D eigenvalue weighted by molar-refractivity contribution is 0.0958. The highest BCUT2D eigenvalue weighted by molar-refractivity contribution is 5.17. The van der Waals surface area contributed by atoms with Crippen molar-refractivity contribution in [3.05, 3.63) is 35.6 Å². The molecule has 2 heterocycles. The molecule has 0 bridgehead atoms. The Morgan fingerprint density at radius 1 is 1.21 bits per heavy atom. The maximum absolute atomic E-state index is 14.0. The van der Waals surface area contributed by atoms with Crippen molar-refractivity contribution in [2.24, 2.45) is 17.3 Å². The second-order valence-corrected chi connectivity index (χ2v) is 8.20. The highest BCUT2D eigenvalue weighted by atomic mass is 19.1. The van der Waals surface area contributed by atoms with Crippen molar-refractivity contribution in [2.45, 2.75) is 25.8 Å². The van der Waals surface area contributed by atoms with Crippen LogP contribution in [0.15, 0.2) is 24.3 Å². The quantitative estimate of drug-likeness (QED) is 0.796. The fourth-order valence-corrected chi connectivity index (χ4v) is 4.83. The Balaban J connectivity index is 1.43. The van der Waals surface area contributed by atoms with E-state index in [1.807, 2.05) is 19.2 Å². The van der Waals surface area contributed by atoms with E-state index in [2.05, 4.69) is 9.80 Å². The van der Waals surface area contributed by atoms with E-state index in [4.69, 9.17) is 4.74 Å². The minimum Gasteiger partial charge on any atom is -0.384 e. The van der Waals surface area contributed by atoms with Crippen LogP contribution in [-0.2, 0) is 11.3 Å². The van der Waals surface area contributed by atoms with Gasteiger partial charge in [-0.05, 0) is 37.8 Å². The molecule has 132 valence electrons. The summed E-state index contributed by atoms with van der Waals surface area (Å²) in [6.45, 7) is 7.40. The van der Waals surface area contributed by atoms with E-state index in [0.717, 1.165) is 37.7 Å². The highest BCUT2D eigenvalue weighted by Crippen LogP contribution is 2.45. The molecule has 1 saturated carbocycles. The molecule has 1 aliphatic carbocycles. The minimum absolute atomic E-state index is 0.0753. The Morgan fingerprint density at radius 3 is 2.75 bits per heavy atom. The molecule has 1 spiro atoms. The van der Waals surface area contributed by atoms with Gasteiger partial charge < -0.3 is 9.64 Å². The summed E-state index contributed by atoms with van der Waals surface area (Å²) < 4.78 is 19.5. The zero-order valence-corrected chi connectivity index (χ0v) is 14.7. The molecule has 2 atom stereocenters. The zero-order valence-electron chi connectivity index (χ0n) is 14.7. The second-order valence-electron chi connectivity index (χ2n) is 8.20. The lowest BCUT2D eigenvalue weighted by Crippen LogP contribution is -2.36. The molecule has 4 rings (SSSR count). The molecular weight excluding hydrogens is 303 g/mol. The van der Waals surface area contributed by atoms with E-state index >= 15 is 0 Å². The lowest BCUT2D eigenvalue weighted by atomic mass is 9.77. The van der Waals surface area contributed by atoms with Crippen LogP contribution in [0.5, 0.6) is 0 Å². The average molecular weight is 332 g/mol. The molecular formula is C20H29FN2O. The van der Waals surface area contributed by atoms with Crippen LogP contribution in [0.3, 0.4) is 0 Å². The fraction of sp³-hybridized carbons (Fsp3) is 0.700. The normalized spacial score (nSPS) is 31.3. The van der Waals surface area contributed by atoms with Crippen molar-refractivity contribution >= 4 is 0 Å². The molecule has 1 aromatic rings. The summed E-state index contributed by atoms with van der Waals surface area (Å²) in [6, 6.07) is 7.19. The van der Waals surface area contributed by atoms with Crippen LogP contribution >= 0.6 is 0 Å². The number of methoxy groups -OCH3 is 1. The van der Waals surface area contributed by atoms with Crippen LogP contribution in [0, 0.1) is 23.1 Å². The van der Waals surface area contributed by atoms with E-state index in [1.54, 1.807) is 12.1 Å². The van der Waals surface area contributed by atoms with Crippen LogP contribution in [-0.4, -0.2) is 56.2 Å². The largest absolute Gasteiger partial charge is 0.384 e. The first-order chi connectivity index (χ1) is 11.7. The third-order valence-corrected chi connectivity index (χ3v) is 6.28. The summed E-state index contributed by atoms with van der Waals surface area (Å²) in [5, 5.41) is 0. The summed E-state index contributed by atoms with van der Waals surface area (Å²) >= 11 is 0. The van der Waals surface area contributed by atoms with Crippen molar-refractivity contribution in [1.82, 2.24) is 9.80 Å². The van der Waals surface area contributed by atoms with Crippen molar-refractivity contribution in [2.75, 3.05) is 46.4 Å². The molecule has 0 amide bonds. The van der Waals surface area contributed by atoms with Gasteiger partial charge in [-0.15, -0.1) is 0 Å². The van der Waals surface area contributed by atoms with Crippen molar-refractivity contribution in [3.63, 3.8) is 0 Å². The van der Waals surface area contributed by atoms with Gasteiger partial charge in [-0.1, -0.05) is 18.2 Å². The summed E-state index contributed by atoms with van der Waals surface area (Å²) in [5.41, 5.74) is 1.17. The standard InChI is InChI=1S/C20H29FN2O/c1-24-13-18-12-23(10-16-6-7-16)15-20(18)8-9-22(14-20)11-17-4-2-3-5-19(17)21/h2-5,16,18H,6-15H2,1H3/t18-,20+/m1/s1. The van der Waals surface area contributed by atoms with Crippen molar-refractivity contribution < 1.29 is 9.13 Å². The van der Waals surface area contributed by atoms with Gasteiger partial charge in [-0.2, -0.15) is 0 Å². The van der Waals surface area contributed by atoms with Crippen LogP contribution < -0.4 is 0 Å². The van der Waals surface area contributed by atoms with Crippen LogP contribution in [0.4, 0.5) is 4.39 Å². The highest BCUT2D eigenvalue weighted by Gasteiger charge is 2.50. The minimum atomic E-state index is -0.0753. The molecule has 0 radical (unpaired) electrons. The van der Waals surface area contributed by atoms with Crippen LogP contribution in [0.25, 0.3) is 0 Å². The first-order valence-electron chi connectivity index (χ1n) is 9.35. The SMILES string of the molecule is COC[C@H]1CN(CC2CC2)C[C@@]12CCN(Cc1ccccc1F)C2. The maximum Gasteiger partial charge on any atom is 0.127 e. The number of benzene rings is 1. The van der Waals surface area contributed by atoms with Crippen molar-refractivity contribution in [3.8, 4) is 0 Å². The summed E-state index contributed by atoms with van der Waals surface area (Å²) in [4.78, 5) is 5.12. The molecule has 24 heavy (non-hydrogen) atoms. The van der Waals surface area contributed by atoms with Gasteiger partial charge in [0.25, 0.3) is 0 Å². The van der Waals surface area contributed by atoms with Crippen LogP contribution in [0.1, 0.15) is 24.8 Å². The molecule has 0 aromatic heterocycles. The number of halogens is 1. The molecule has 3 fully saturated rings. The van der Waals surface area contributed by atoms with Gasteiger partial charge in [-0.3, -0.25) is 4.90 Å². The number of hydrogen-bond donors (Lipinski definition) is 0. The molecule has 0 N–H and O–H groups in total. The smallest absolute Gasteiger partial charge is 0.127 e. The first-order valence-corrected chi connectivity index (χ1v) is 9.35. The Morgan fingerprint density at radius 2 is 2.00 bits per heavy atom. The van der Waals surface area contributed by atoms with Gasteiger partial charge in [0.2, 0.25) is 0 Å². The Kier molecular flexibility index (Phi) is 4.63. The summed E-state index contributed by atoms with van der Waals surface area (Å²) in [6.07, 6.45) is 4.05. The van der Waals surface area contributed by atoms with E-state index in [1.165, 1.54) is 38.9 Å². The van der Waals surface area contributed by atoms with Gasteiger partial charge >= 0.3 is 0 Å². The second kappa shape index (κ2) is 6.74. The number of rotatable bonds is 6. The third kappa shape index (κ3) is 3.37. The zero-order chi connectivity index (χ0) is 16.6. The summed E-state index contributed by atoms with van der Waals surface area (Å²) in [7, 11) is 1.82. The van der Waals surface area contributed by atoms with Gasteiger partial charge in [0.1, 0.15) is 5.82 Å². The Bertz CT molecular complexity index is 577. The molecule has 3 nitrogen and oxygen atoms in total. The van der Waals surface area contributed by atoms with Gasteiger partial charge in [-0.25, -0.2) is 4.39 Å². The number of likely N-dealkylation sites (tertiary alicyclic amines) is 2. The van der Waals surface area contributed by atoms with E-state index in [-0.39, 0.29) is 5.82 Å². The predicted octanol–water partition coefficient (Wildman–Crippen LogP) is 3.01. The lowest BCUT2D eigenvalue weighted by Gasteiger charge is -2.30. The average Bonchev–Trinajstić information content (AvgIpc) is 3.19. The van der Waals surface area contributed by atoms with E-state index in [0.29, 0.717) is 11.3 Å². The third-order valence-electron chi connectivity index (χ3n) is 6.28. The van der Waals surface area contributed by atoms with Gasteiger partial charge in [0.05, 0.1) is 6.61 Å². The number of hydrogen-bond acceptors (Lipinski definition) is 3. The van der Waals surface area contributed by atoms with Gasteiger partial charge in [0, 0.05) is 56.7 Å². The monoisotopic (exact) mass is 332 g/mol. The fourth-order valence-electron chi connectivity index (χ4n) is 4.83. The molecule has 0 unspecified atom stereocenters. The van der Waals surface area contributed by atoms with Gasteiger partial charge in [0.15, 0.2) is 0 Å². The first kappa shape index (κ1) is 16.5. The Hall–Kier alpha value is -0.970. The molecule has 2 saturated heterocycles. The molecule has 3 aliphatic rings. The molecule has 1 aromatic carbocycles. The number of ether oxygens (including phenoxy) is 1. The Labute approximate surface area is 144 Å². The number of nitrogens with zero attached hydrogens (tertiary/aromatic N) is 2. The molecule has 2 aliphatic heterocycles. The van der Waals surface area contributed by atoms with E-state index < -0.39 is 0 Å². The van der Waals surface area contributed by atoms with Crippen LogP contribution in [0.2, 0.25) is 0 Å². The summed E-state index contributed by atoms with van der Waals surface area (Å²) in [5.74, 6) is 1.49. The molecule has 4 heteroatoms. The predicted molar refractivity (Wildman–Crippen MR) is 93.3 cm³/mol. The van der Waals surface area contributed by atoms with E-state index in [9.17, 15) is 4.39 Å².